The van der Waals surface area contributed by atoms with Crippen molar-refractivity contribution in [2.75, 3.05) is 7.11 Å². The van der Waals surface area contributed by atoms with Crippen LogP contribution in [0.3, 0.4) is 0 Å². The Morgan fingerprint density at radius 1 is 1.12 bits per heavy atom. The van der Waals surface area contributed by atoms with Crippen LogP contribution in [0.15, 0.2) is 0 Å². The number of ether oxygens (including phenoxy) is 2. The van der Waals surface area contributed by atoms with E-state index in [1.165, 1.54) is 20.5 Å². The third-order valence-corrected chi connectivity index (χ3v) is 10.4. The minimum Gasteiger partial charge on any atom is -0.469 e. The molecule has 0 aromatic rings. The van der Waals surface area contributed by atoms with E-state index in [1.54, 1.807) is 0 Å². The Hall–Kier alpha value is -1.59. The highest BCUT2D eigenvalue weighted by Gasteiger charge is 2.60. The second kappa shape index (κ2) is 9.22. The zero-order valence-corrected chi connectivity index (χ0v) is 21.2. The topological polar surface area (TPSA) is 81.7 Å². The first-order valence-electron chi connectivity index (χ1n) is 13.1. The number of carbonyl (C=O) groups excluding carboxylic acids is 3. The molecule has 0 aromatic heterocycles. The molecule has 0 spiro atoms. The van der Waals surface area contributed by atoms with Gasteiger partial charge in [0.1, 0.15) is 6.10 Å². The summed E-state index contributed by atoms with van der Waals surface area (Å²) in [6.45, 7) is 8.45. The summed E-state index contributed by atoms with van der Waals surface area (Å²) in [5.41, 5.74) is -0.0685. The van der Waals surface area contributed by atoms with Crippen molar-refractivity contribution in [3.05, 3.63) is 0 Å². The van der Waals surface area contributed by atoms with E-state index < -0.39 is 0 Å². The number of hydrogen-bond acceptors (Lipinski definition) is 5. The standard InChI is InChI=1S/C27H43NO5/c1-16(6-11-25(31)32-5)21-9-10-22-20-8-7-18-14-19(33-17(2)29)12-13-26(18,3)23(20)15-24(30)28-27(21,22)4/h16,18-23H,6-15H2,1-5H3,(H,28,30)/t16-,18-,19-,20?,21-,22?,23?,26+,27-/m1/s1. The summed E-state index contributed by atoms with van der Waals surface area (Å²) in [5, 5.41) is 3.53. The van der Waals surface area contributed by atoms with Gasteiger partial charge in [-0.05, 0) is 99.2 Å². The summed E-state index contributed by atoms with van der Waals surface area (Å²) in [6, 6.07) is 0. The second-order valence-electron chi connectivity index (χ2n) is 12.0. The van der Waals surface area contributed by atoms with Gasteiger partial charge in [0.2, 0.25) is 5.91 Å². The van der Waals surface area contributed by atoms with Crippen molar-refractivity contribution < 1.29 is 23.9 Å². The van der Waals surface area contributed by atoms with Gasteiger partial charge in [0.05, 0.1) is 7.11 Å². The first-order valence-corrected chi connectivity index (χ1v) is 13.1. The van der Waals surface area contributed by atoms with Crippen LogP contribution in [0.25, 0.3) is 0 Å². The molecule has 4 fully saturated rings. The molecule has 1 aliphatic heterocycles. The monoisotopic (exact) mass is 461 g/mol. The van der Waals surface area contributed by atoms with E-state index in [1.807, 2.05) is 0 Å². The van der Waals surface area contributed by atoms with E-state index >= 15 is 0 Å². The van der Waals surface area contributed by atoms with Crippen molar-refractivity contribution in [2.45, 2.75) is 104 Å². The Morgan fingerprint density at radius 3 is 2.58 bits per heavy atom. The number of fused-ring (bicyclic) bond motifs is 5. The SMILES string of the molecule is COC(=O)CC[C@@H](C)[C@H]1CCC2C3CC[C@@H]4C[C@H](OC(C)=O)CC[C@]4(C)C3CC(=O)N[C@@]21C. The summed E-state index contributed by atoms with van der Waals surface area (Å²) in [7, 11) is 1.45. The van der Waals surface area contributed by atoms with Gasteiger partial charge < -0.3 is 14.8 Å². The Kier molecular flexibility index (Phi) is 6.85. The average Bonchev–Trinajstić information content (AvgIpc) is 3.03. The van der Waals surface area contributed by atoms with Crippen LogP contribution in [0, 0.1) is 40.9 Å². The molecule has 1 N–H and O–H groups in total. The van der Waals surface area contributed by atoms with E-state index in [2.05, 4.69) is 26.1 Å². The number of carbonyl (C=O) groups is 3. The highest BCUT2D eigenvalue weighted by molar-refractivity contribution is 5.78. The van der Waals surface area contributed by atoms with E-state index in [9.17, 15) is 14.4 Å². The van der Waals surface area contributed by atoms with Gasteiger partial charge in [-0.15, -0.1) is 0 Å². The summed E-state index contributed by atoms with van der Waals surface area (Å²) in [4.78, 5) is 36.6. The molecule has 0 radical (unpaired) electrons. The van der Waals surface area contributed by atoms with Crippen LogP contribution in [-0.4, -0.2) is 36.6 Å². The molecular formula is C27H43NO5. The quantitative estimate of drug-likeness (QED) is 0.603. The molecule has 0 aromatic carbocycles. The molecular weight excluding hydrogens is 418 g/mol. The van der Waals surface area contributed by atoms with Gasteiger partial charge in [-0.25, -0.2) is 0 Å². The Bertz CT molecular complexity index is 782. The summed E-state index contributed by atoms with van der Waals surface area (Å²) < 4.78 is 10.4. The summed E-state index contributed by atoms with van der Waals surface area (Å²) in [5.74, 6) is 2.58. The van der Waals surface area contributed by atoms with Crippen LogP contribution < -0.4 is 5.32 Å². The predicted octanol–water partition coefficient (Wildman–Crippen LogP) is 4.64. The lowest BCUT2D eigenvalue weighted by atomic mass is 9.49. The first-order chi connectivity index (χ1) is 15.6. The minimum atomic E-state index is -0.204. The third kappa shape index (κ3) is 4.43. The fourth-order valence-corrected chi connectivity index (χ4v) is 8.76. The van der Waals surface area contributed by atoms with Gasteiger partial charge in [-0.2, -0.15) is 0 Å². The fraction of sp³-hybridized carbons (Fsp3) is 0.889. The maximum Gasteiger partial charge on any atom is 0.305 e. The number of hydrogen-bond donors (Lipinski definition) is 1. The largest absolute Gasteiger partial charge is 0.469 e. The molecule has 186 valence electrons. The van der Waals surface area contributed by atoms with Gasteiger partial charge in [0.25, 0.3) is 0 Å². The zero-order valence-electron chi connectivity index (χ0n) is 21.2. The lowest BCUT2D eigenvalue weighted by Crippen LogP contribution is -2.55. The fourth-order valence-electron chi connectivity index (χ4n) is 8.76. The number of methoxy groups -OCH3 is 1. The summed E-state index contributed by atoms with van der Waals surface area (Å²) in [6.07, 6.45) is 9.38. The van der Waals surface area contributed by atoms with Crippen LogP contribution in [0.1, 0.15) is 91.9 Å². The van der Waals surface area contributed by atoms with E-state index in [-0.39, 0.29) is 34.9 Å². The molecule has 0 bridgehead atoms. The maximum atomic E-state index is 13.3. The average molecular weight is 462 g/mol. The Balaban J connectivity index is 1.54. The van der Waals surface area contributed by atoms with Crippen molar-refractivity contribution >= 4 is 17.8 Å². The zero-order chi connectivity index (χ0) is 24.0. The van der Waals surface area contributed by atoms with Crippen LogP contribution in [-0.2, 0) is 23.9 Å². The van der Waals surface area contributed by atoms with Crippen molar-refractivity contribution in [1.82, 2.24) is 5.32 Å². The van der Waals surface area contributed by atoms with Crippen LogP contribution >= 0.6 is 0 Å². The molecule has 3 saturated carbocycles. The lowest BCUT2D eigenvalue weighted by Gasteiger charge is -2.56. The Morgan fingerprint density at radius 2 is 1.88 bits per heavy atom. The van der Waals surface area contributed by atoms with Gasteiger partial charge in [0, 0.05) is 25.3 Å². The molecule has 3 unspecified atom stereocenters. The lowest BCUT2D eigenvalue weighted by molar-refractivity contribution is -0.155. The molecule has 33 heavy (non-hydrogen) atoms. The highest BCUT2D eigenvalue weighted by atomic mass is 16.5. The van der Waals surface area contributed by atoms with Crippen LogP contribution in [0.2, 0.25) is 0 Å². The van der Waals surface area contributed by atoms with Crippen molar-refractivity contribution in [3.8, 4) is 0 Å². The third-order valence-electron chi connectivity index (χ3n) is 10.4. The van der Waals surface area contributed by atoms with Crippen molar-refractivity contribution in [3.63, 3.8) is 0 Å². The molecule has 1 heterocycles. The molecule has 3 aliphatic carbocycles. The van der Waals surface area contributed by atoms with Gasteiger partial charge >= 0.3 is 11.9 Å². The van der Waals surface area contributed by atoms with Gasteiger partial charge in [-0.1, -0.05) is 13.8 Å². The molecule has 1 amide bonds. The number of esters is 2. The molecule has 1 saturated heterocycles. The van der Waals surface area contributed by atoms with Gasteiger partial charge in [-0.3, -0.25) is 14.4 Å². The van der Waals surface area contributed by atoms with Crippen molar-refractivity contribution in [1.29, 1.82) is 0 Å². The highest BCUT2D eigenvalue weighted by Crippen LogP contribution is 2.62. The molecule has 4 aliphatic rings. The first kappa shape index (κ1) is 24.5. The molecule has 6 nitrogen and oxygen atoms in total. The van der Waals surface area contributed by atoms with Gasteiger partial charge in [0.15, 0.2) is 0 Å². The predicted molar refractivity (Wildman–Crippen MR) is 125 cm³/mol. The van der Waals surface area contributed by atoms with Crippen molar-refractivity contribution in [2.24, 2.45) is 40.9 Å². The molecule has 6 heteroatoms. The van der Waals surface area contributed by atoms with Crippen LogP contribution in [0.5, 0.6) is 0 Å². The second-order valence-corrected chi connectivity index (χ2v) is 12.0. The maximum absolute atomic E-state index is 13.3. The molecule has 4 rings (SSSR count). The Labute approximate surface area is 198 Å². The van der Waals surface area contributed by atoms with E-state index in [4.69, 9.17) is 9.47 Å². The van der Waals surface area contributed by atoms with Crippen LogP contribution in [0.4, 0.5) is 0 Å². The molecule has 9 atom stereocenters. The van der Waals surface area contributed by atoms with E-state index in [0.29, 0.717) is 48.3 Å². The smallest absolute Gasteiger partial charge is 0.305 e. The number of nitrogens with one attached hydrogen (secondary N) is 1. The number of amides is 1. The normalized spacial score (nSPS) is 43.2. The minimum absolute atomic E-state index is 0.0357. The number of rotatable bonds is 5. The van der Waals surface area contributed by atoms with E-state index in [0.717, 1.165) is 44.9 Å². The summed E-state index contributed by atoms with van der Waals surface area (Å²) >= 11 is 0.